The zero-order chi connectivity index (χ0) is 10.1. The van der Waals surface area contributed by atoms with Gasteiger partial charge in [0.25, 0.3) is 0 Å². The molecule has 72 valence electrons. The first kappa shape index (κ1) is 9.72. The van der Waals surface area contributed by atoms with E-state index in [4.69, 9.17) is 5.84 Å². The Morgan fingerprint density at radius 3 is 2.46 bits per heavy atom. The SMILES string of the molecule is Cc1nc(NN)cc(C(F)(F)F)n1. The highest BCUT2D eigenvalue weighted by molar-refractivity contribution is 5.35. The number of anilines is 1. The molecule has 0 saturated heterocycles. The van der Waals surface area contributed by atoms with Crippen LogP contribution in [0.15, 0.2) is 6.07 Å². The van der Waals surface area contributed by atoms with Crippen LogP contribution < -0.4 is 11.3 Å². The number of halogens is 3. The molecule has 1 rings (SSSR count). The van der Waals surface area contributed by atoms with E-state index in [0.717, 1.165) is 6.07 Å². The van der Waals surface area contributed by atoms with Gasteiger partial charge in [0.1, 0.15) is 17.3 Å². The molecule has 0 bridgehead atoms. The van der Waals surface area contributed by atoms with Crippen LogP contribution in [0.2, 0.25) is 0 Å². The molecule has 1 aromatic rings. The Morgan fingerprint density at radius 1 is 1.38 bits per heavy atom. The minimum absolute atomic E-state index is 0.0165. The normalized spacial score (nSPS) is 11.5. The zero-order valence-corrected chi connectivity index (χ0v) is 6.68. The molecule has 4 nitrogen and oxygen atoms in total. The monoisotopic (exact) mass is 192 g/mol. The molecule has 0 fully saturated rings. The lowest BCUT2D eigenvalue weighted by molar-refractivity contribution is -0.141. The maximum atomic E-state index is 12.1. The average molecular weight is 192 g/mol. The lowest BCUT2D eigenvalue weighted by atomic mass is 10.3. The number of nitrogen functional groups attached to an aromatic ring is 1. The fourth-order valence-corrected chi connectivity index (χ4v) is 0.787. The molecule has 1 aromatic heterocycles. The maximum Gasteiger partial charge on any atom is 0.433 e. The molecule has 0 spiro atoms. The molecule has 0 unspecified atom stereocenters. The molecule has 0 radical (unpaired) electrons. The van der Waals surface area contributed by atoms with Gasteiger partial charge < -0.3 is 5.43 Å². The molecular formula is C6H7F3N4. The summed E-state index contributed by atoms with van der Waals surface area (Å²) >= 11 is 0. The van der Waals surface area contributed by atoms with Crippen molar-refractivity contribution in [3.05, 3.63) is 17.6 Å². The van der Waals surface area contributed by atoms with Crippen LogP contribution in [-0.2, 0) is 6.18 Å². The summed E-state index contributed by atoms with van der Waals surface area (Å²) in [6, 6.07) is 0.743. The van der Waals surface area contributed by atoms with Gasteiger partial charge in [0, 0.05) is 6.07 Å². The summed E-state index contributed by atoms with van der Waals surface area (Å²) in [6.45, 7) is 1.36. The number of alkyl halides is 3. The van der Waals surface area contributed by atoms with Crippen molar-refractivity contribution >= 4 is 5.82 Å². The van der Waals surface area contributed by atoms with Crippen molar-refractivity contribution in [3.8, 4) is 0 Å². The Bertz CT molecular complexity index is 309. The van der Waals surface area contributed by atoms with E-state index < -0.39 is 11.9 Å². The molecule has 3 N–H and O–H groups in total. The number of rotatable bonds is 1. The summed E-state index contributed by atoms with van der Waals surface area (Å²) in [4.78, 5) is 6.84. The second kappa shape index (κ2) is 3.17. The van der Waals surface area contributed by atoms with Gasteiger partial charge in [0.2, 0.25) is 0 Å². The van der Waals surface area contributed by atoms with E-state index >= 15 is 0 Å². The predicted molar refractivity (Wildman–Crippen MR) is 39.6 cm³/mol. The van der Waals surface area contributed by atoms with Crippen molar-refractivity contribution < 1.29 is 13.2 Å². The van der Waals surface area contributed by atoms with Crippen LogP contribution >= 0.6 is 0 Å². The van der Waals surface area contributed by atoms with E-state index in [1.807, 2.05) is 5.43 Å². The second-order valence-electron chi connectivity index (χ2n) is 2.33. The quantitative estimate of drug-likeness (QED) is 0.516. The summed E-state index contributed by atoms with van der Waals surface area (Å²) in [5.74, 6) is 4.88. The van der Waals surface area contributed by atoms with E-state index in [2.05, 4.69) is 9.97 Å². The number of hydrogen-bond acceptors (Lipinski definition) is 4. The molecule has 0 aliphatic carbocycles. The van der Waals surface area contributed by atoms with Gasteiger partial charge in [-0.3, -0.25) is 0 Å². The zero-order valence-electron chi connectivity index (χ0n) is 6.68. The van der Waals surface area contributed by atoms with Crippen molar-refractivity contribution in [1.29, 1.82) is 0 Å². The predicted octanol–water partition coefficient (Wildman–Crippen LogP) is 1.09. The molecule has 0 aromatic carbocycles. The molecule has 0 amide bonds. The first-order valence-electron chi connectivity index (χ1n) is 3.33. The second-order valence-corrected chi connectivity index (χ2v) is 2.33. The van der Waals surface area contributed by atoms with E-state index in [-0.39, 0.29) is 11.6 Å². The molecule has 0 aliphatic rings. The number of hydrazine groups is 1. The van der Waals surface area contributed by atoms with E-state index in [0.29, 0.717) is 0 Å². The Hall–Kier alpha value is -1.37. The lowest BCUT2D eigenvalue weighted by Crippen LogP contribution is -2.14. The molecule has 0 atom stereocenters. The highest BCUT2D eigenvalue weighted by Crippen LogP contribution is 2.28. The molecule has 13 heavy (non-hydrogen) atoms. The van der Waals surface area contributed by atoms with Crippen LogP contribution in [0, 0.1) is 6.92 Å². The van der Waals surface area contributed by atoms with Crippen molar-refractivity contribution in [3.63, 3.8) is 0 Å². The fourth-order valence-electron chi connectivity index (χ4n) is 0.787. The highest BCUT2D eigenvalue weighted by atomic mass is 19.4. The van der Waals surface area contributed by atoms with Gasteiger partial charge in [0.15, 0.2) is 0 Å². The van der Waals surface area contributed by atoms with E-state index in [1.54, 1.807) is 0 Å². The third-order valence-corrected chi connectivity index (χ3v) is 1.28. The molecule has 7 heteroatoms. The van der Waals surface area contributed by atoms with Gasteiger partial charge in [-0.25, -0.2) is 15.8 Å². The van der Waals surface area contributed by atoms with Crippen LogP contribution in [0.3, 0.4) is 0 Å². The highest BCUT2D eigenvalue weighted by Gasteiger charge is 2.33. The van der Waals surface area contributed by atoms with E-state index in [1.165, 1.54) is 6.92 Å². The molecule has 0 aliphatic heterocycles. The third-order valence-electron chi connectivity index (χ3n) is 1.28. The number of hydrogen-bond donors (Lipinski definition) is 2. The average Bonchev–Trinajstić information content (AvgIpc) is 2.01. The van der Waals surface area contributed by atoms with Crippen LogP contribution in [-0.4, -0.2) is 9.97 Å². The Labute approximate surface area is 72.0 Å². The standard InChI is InChI=1S/C6H7F3N4/c1-3-11-4(6(7,8)9)2-5(12-3)13-10/h2H,10H2,1H3,(H,11,12,13). The van der Waals surface area contributed by atoms with Gasteiger partial charge >= 0.3 is 6.18 Å². The number of aromatic nitrogens is 2. The topological polar surface area (TPSA) is 63.8 Å². The van der Waals surface area contributed by atoms with E-state index in [9.17, 15) is 13.2 Å². The van der Waals surface area contributed by atoms with Gasteiger partial charge in [-0.05, 0) is 6.92 Å². The first-order valence-corrected chi connectivity index (χ1v) is 3.33. The van der Waals surface area contributed by atoms with Gasteiger partial charge in [-0.1, -0.05) is 0 Å². The molecule has 0 saturated carbocycles. The van der Waals surface area contributed by atoms with Crippen molar-refractivity contribution in [1.82, 2.24) is 9.97 Å². The minimum Gasteiger partial charge on any atom is -0.308 e. The molecular weight excluding hydrogens is 185 g/mol. The van der Waals surface area contributed by atoms with Gasteiger partial charge in [-0.15, -0.1) is 0 Å². The summed E-state index contributed by atoms with van der Waals surface area (Å²) in [6.07, 6.45) is -4.47. The summed E-state index contributed by atoms with van der Waals surface area (Å²) < 4.78 is 36.4. The van der Waals surface area contributed by atoms with Crippen LogP contribution in [0.5, 0.6) is 0 Å². The minimum atomic E-state index is -4.47. The van der Waals surface area contributed by atoms with Crippen molar-refractivity contribution in [2.24, 2.45) is 5.84 Å². The fraction of sp³-hybridized carbons (Fsp3) is 0.333. The number of nitrogens with two attached hydrogens (primary N) is 1. The Morgan fingerprint density at radius 2 is 2.00 bits per heavy atom. The van der Waals surface area contributed by atoms with Gasteiger partial charge in [-0.2, -0.15) is 13.2 Å². The van der Waals surface area contributed by atoms with Crippen LogP contribution in [0.4, 0.5) is 19.0 Å². The summed E-state index contributed by atoms with van der Waals surface area (Å²) in [5, 5.41) is 0. The van der Waals surface area contributed by atoms with Crippen LogP contribution in [0.25, 0.3) is 0 Å². The number of nitrogens with one attached hydrogen (secondary N) is 1. The summed E-state index contributed by atoms with van der Waals surface area (Å²) in [7, 11) is 0. The molecule has 1 heterocycles. The number of aryl methyl sites for hydroxylation is 1. The van der Waals surface area contributed by atoms with Gasteiger partial charge in [0.05, 0.1) is 0 Å². The summed E-state index contributed by atoms with van der Waals surface area (Å²) in [5.41, 5.74) is 1.02. The lowest BCUT2D eigenvalue weighted by Gasteiger charge is -2.07. The first-order chi connectivity index (χ1) is 5.93. The smallest absolute Gasteiger partial charge is 0.308 e. The Balaban J connectivity index is 3.16. The van der Waals surface area contributed by atoms with Crippen LogP contribution in [0.1, 0.15) is 11.5 Å². The van der Waals surface area contributed by atoms with Crippen molar-refractivity contribution in [2.75, 3.05) is 5.43 Å². The largest absolute Gasteiger partial charge is 0.433 e. The third kappa shape index (κ3) is 2.28. The van der Waals surface area contributed by atoms with Crippen molar-refractivity contribution in [2.45, 2.75) is 13.1 Å². The maximum absolute atomic E-state index is 12.1. The number of nitrogens with zero attached hydrogens (tertiary/aromatic N) is 2. The Kier molecular flexibility index (Phi) is 2.37.